The van der Waals surface area contributed by atoms with Gasteiger partial charge in [0, 0.05) is 18.3 Å². The van der Waals surface area contributed by atoms with Gasteiger partial charge >= 0.3 is 0 Å². The summed E-state index contributed by atoms with van der Waals surface area (Å²) in [5.41, 5.74) is 7.22. The van der Waals surface area contributed by atoms with E-state index in [0.717, 1.165) is 18.5 Å². The molecule has 5 nitrogen and oxygen atoms in total. The van der Waals surface area contributed by atoms with Gasteiger partial charge in [0.1, 0.15) is 17.5 Å². The van der Waals surface area contributed by atoms with E-state index in [1.54, 1.807) is 12.1 Å². The monoisotopic (exact) mass is 353 g/mol. The van der Waals surface area contributed by atoms with E-state index in [1.165, 1.54) is 6.07 Å². The van der Waals surface area contributed by atoms with Crippen LogP contribution in [-0.4, -0.2) is 16.5 Å². The Bertz CT molecular complexity index is 648. The van der Waals surface area contributed by atoms with Crippen molar-refractivity contribution in [2.75, 3.05) is 22.9 Å². The second kappa shape index (κ2) is 6.71. The molecular weight excluding hydrogens is 337 g/mol. The molecule has 7 heteroatoms. The fraction of sp³-hybridized carbons (Fsp3) is 0.286. The van der Waals surface area contributed by atoms with Gasteiger partial charge in [-0.3, -0.25) is 0 Å². The summed E-state index contributed by atoms with van der Waals surface area (Å²) in [5, 5.41) is 6.21. The molecule has 0 fully saturated rings. The summed E-state index contributed by atoms with van der Waals surface area (Å²) < 4.78 is 14.1. The molecule has 0 aliphatic rings. The van der Waals surface area contributed by atoms with Crippen molar-refractivity contribution in [2.45, 2.75) is 20.3 Å². The average Bonchev–Trinajstić information content (AvgIpc) is 2.42. The van der Waals surface area contributed by atoms with Crippen LogP contribution in [0.15, 0.2) is 22.7 Å². The van der Waals surface area contributed by atoms with E-state index >= 15 is 0 Å². The molecule has 1 heterocycles. The summed E-state index contributed by atoms with van der Waals surface area (Å²) in [6.07, 6.45) is 0.976. The Morgan fingerprint density at radius 2 is 1.95 bits per heavy atom. The quantitative estimate of drug-likeness (QED) is 0.761. The third kappa shape index (κ3) is 4.04. The normalized spacial score (nSPS) is 10.5. The fourth-order valence-electron chi connectivity index (χ4n) is 1.79. The molecule has 1 aromatic carbocycles. The van der Waals surface area contributed by atoms with Gasteiger partial charge in [0.25, 0.3) is 0 Å². The van der Waals surface area contributed by atoms with Gasteiger partial charge in [-0.1, -0.05) is 6.92 Å². The molecule has 0 amide bonds. The predicted molar refractivity (Wildman–Crippen MR) is 87.3 cm³/mol. The molecule has 0 unspecified atom stereocenters. The summed E-state index contributed by atoms with van der Waals surface area (Å²) in [5.74, 6) is 0.983. The van der Waals surface area contributed by atoms with Crippen LogP contribution in [0.1, 0.15) is 18.9 Å². The number of anilines is 4. The van der Waals surface area contributed by atoms with Gasteiger partial charge in [0.2, 0.25) is 5.95 Å². The Balaban J connectivity index is 2.27. The van der Waals surface area contributed by atoms with Crippen LogP contribution in [0.5, 0.6) is 0 Å². The van der Waals surface area contributed by atoms with Crippen molar-refractivity contribution in [3.8, 4) is 0 Å². The number of rotatable bonds is 5. The van der Waals surface area contributed by atoms with E-state index in [-0.39, 0.29) is 11.8 Å². The van der Waals surface area contributed by atoms with Crippen molar-refractivity contribution in [1.29, 1.82) is 0 Å². The zero-order valence-corrected chi connectivity index (χ0v) is 13.5. The second-order valence-corrected chi connectivity index (χ2v) is 5.48. The number of benzene rings is 1. The van der Waals surface area contributed by atoms with Gasteiger partial charge in [-0.2, -0.15) is 9.97 Å². The van der Waals surface area contributed by atoms with E-state index in [2.05, 4.69) is 43.5 Å². The van der Waals surface area contributed by atoms with Gasteiger partial charge in [-0.25, -0.2) is 4.39 Å². The molecule has 21 heavy (non-hydrogen) atoms. The van der Waals surface area contributed by atoms with E-state index in [0.29, 0.717) is 21.8 Å². The lowest BCUT2D eigenvalue weighted by Crippen LogP contribution is -2.07. The number of nitrogens with two attached hydrogens (primary N) is 1. The largest absolute Gasteiger partial charge is 0.370 e. The van der Waals surface area contributed by atoms with Gasteiger partial charge in [-0.15, -0.1) is 0 Å². The first kappa shape index (κ1) is 15.5. The lowest BCUT2D eigenvalue weighted by Gasteiger charge is -2.12. The highest BCUT2D eigenvalue weighted by atomic mass is 79.9. The van der Waals surface area contributed by atoms with Gasteiger partial charge in [0.15, 0.2) is 0 Å². The maximum Gasteiger partial charge on any atom is 0.223 e. The Morgan fingerprint density at radius 1 is 1.24 bits per heavy atom. The van der Waals surface area contributed by atoms with Gasteiger partial charge < -0.3 is 16.4 Å². The van der Waals surface area contributed by atoms with Crippen LogP contribution in [0, 0.1) is 12.7 Å². The summed E-state index contributed by atoms with van der Waals surface area (Å²) >= 11 is 3.16. The molecule has 112 valence electrons. The van der Waals surface area contributed by atoms with E-state index in [9.17, 15) is 4.39 Å². The third-order valence-corrected chi connectivity index (χ3v) is 3.44. The van der Waals surface area contributed by atoms with Crippen LogP contribution in [0.25, 0.3) is 0 Å². The molecule has 0 bridgehead atoms. The maximum absolute atomic E-state index is 13.6. The van der Waals surface area contributed by atoms with Crippen LogP contribution in [-0.2, 0) is 0 Å². The number of nitrogens with zero attached hydrogens (tertiary/aromatic N) is 2. The summed E-state index contributed by atoms with van der Waals surface area (Å²) in [7, 11) is 0. The zero-order valence-electron chi connectivity index (χ0n) is 11.9. The summed E-state index contributed by atoms with van der Waals surface area (Å²) in [6, 6.07) is 4.86. The fourth-order valence-corrected chi connectivity index (χ4v) is 2.25. The van der Waals surface area contributed by atoms with E-state index in [1.807, 2.05) is 6.92 Å². The Kier molecular flexibility index (Phi) is 4.95. The topological polar surface area (TPSA) is 75.9 Å². The average molecular weight is 354 g/mol. The molecule has 2 aromatic rings. The second-order valence-electron chi connectivity index (χ2n) is 4.63. The predicted octanol–water partition coefficient (Wildman–Crippen LogP) is 3.83. The van der Waals surface area contributed by atoms with E-state index in [4.69, 9.17) is 5.73 Å². The lowest BCUT2D eigenvalue weighted by atomic mass is 10.2. The first-order valence-electron chi connectivity index (χ1n) is 6.60. The first-order chi connectivity index (χ1) is 9.99. The molecule has 0 aliphatic carbocycles. The zero-order chi connectivity index (χ0) is 15.4. The molecule has 4 N–H and O–H groups in total. The van der Waals surface area contributed by atoms with E-state index < -0.39 is 0 Å². The van der Waals surface area contributed by atoms with Crippen molar-refractivity contribution >= 4 is 39.2 Å². The number of hydrogen-bond acceptors (Lipinski definition) is 5. The Morgan fingerprint density at radius 3 is 2.67 bits per heavy atom. The highest BCUT2D eigenvalue weighted by Gasteiger charge is 2.08. The number of nitrogen functional groups attached to an aromatic ring is 1. The smallest absolute Gasteiger partial charge is 0.223 e. The Labute approximate surface area is 131 Å². The molecule has 0 spiro atoms. The minimum absolute atomic E-state index is 0.161. The van der Waals surface area contributed by atoms with Crippen LogP contribution >= 0.6 is 15.9 Å². The van der Waals surface area contributed by atoms with Crippen LogP contribution in [0.3, 0.4) is 0 Å². The highest BCUT2D eigenvalue weighted by Crippen LogP contribution is 2.26. The van der Waals surface area contributed by atoms with Crippen LogP contribution < -0.4 is 16.4 Å². The molecule has 0 saturated heterocycles. The SMILES string of the molecule is CCCNc1cc(Nc2cc(F)c(Br)cc2C)nc(N)n1. The molecule has 0 aliphatic heterocycles. The number of hydrogen-bond donors (Lipinski definition) is 3. The van der Waals surface area contributed by atoms with Crippen molar-refractivity contribution in [1.82, 2.24) is 9.97 Å². The van der Waals surface area contributed by atoms with Gasteiger partial charge in [-0.05, 0) is 47.0 Å². The van der Waals surface area contributed by atoms with Crippen LogP contribution in [0.2, 0.25) is 0 Å². The third-order valence-electron chi connectivity index (χ3n) is 2.83. The van der Waals surface area contributed by atoms with Crippen molar-refractivity contribution < 1.29 is 4.39 Å². The number of aromatic nitrogens is 2. The molecule has 0 radical (unpaired) electrons. The Hall–Kier alpha value is -1.89. The summed E-state index contributed by atoms with van der Waals surface area (Å²) in [4.78, 5) is 8.21. The van der Waals surface area contributed by atoms with Gasteiger partial charge in [0.05, 0.1) is 4.47 Å². The lowest BCUT2D eigenvalue weighted by molar-refractivity contribution is 0.621. The standard InChI is InChI=1S/C14H17BrFN5/c1-3-4-18-12-7-13(21-14(17)20-12)19-11-6-10(16)9(15)5-8(11)2/h5-7H,3-4H2,1-2H3,(H4,17,18,19,20,21). The maximum atomic E-state index is 13.6. The minimum Gasteiger partial charge on any atom is -0.370 e. The molecule has 0 saturated carbocycles. The highest BCUT2D eigenvalue weighted by molar-refractivity contribution is 9.10. The number of nitrogens with one attached hydrogen (secondary N) is 2. The minimum atomic E-state index is -0.338. The van der Waals surface area contributed by atoms with Crippen molar-refractivity contribution in [3.05, 3.63) is 34.1 Å². The first-order valence-corrected chi connectivity index (χ1v) is 7.40. The summed E-state index contributed by atoms with van der Waals surface area (Å²) in [6.45, 7) is 4.74. The molecule has 1 aromatic heterocycles. The molecular formula is C14H17BrFN5. The van der Waals surface area contributed by atoms with Crippen LogP contribution in [0.4, 0.5) is 27.7 Å². The number of halogens is 2. The van der Waals surface area contributed by atoms with Crippen molar-refractivity contribution in [3.63, 3.8) is 0 Å². The van der Waals surface area contributed by atoms with Crippen molar-refractivity contribution in [2.24, 2.45) is 0 Å². The molecule has 2 rings (SSSR count). The molecule has 0 atom stereocenters. The number of aryl methyl sites for hydroxylation is 1.